The summed E-state index contributed by atoms with van der Waals surface area (Å²) in [6.45, 7) is 0.726. The van der Waals surface area contributed by atoms with Gasteiger partial charge in [0.2, 0.25) is 0 Å². The van der Waals surface area contributed by atoms with Gasteiger partial charge in [-0.15, -0.1) is 0 Å². The van der Waals surface area contributed by atoms with Crippen molar-refractivity contribution in [3.63, 3.8) is 0 Å². The lowest BCUT2D eigenvalue weighted by molar-refractivity contribution is 0.0762. The largest absolute Gasteiger partial charge is 0.391 e. The van der Waals surface area contributed by atoms with E-state index in [1.54, 1.807) is 23.4 Å². The molecule has 0 unspecified atom stereocenters. The fourth-order valence-electron chi connectivity index (χ4n) is 3.88. The van der Waals surface area contributed by atoms with Crippen molar-refractivity contribution in [2.24, 2.45) is 5.92 Å². The van der Waals surface area contributed by atoms with Crippen LogP contribution in [0.3, 0.4) is 0 Å². The fraction of sp³-hybridized carbons (Fsp3) is 0.421. The number of aromatic amines is 1. The van der Waals surface area contributed by atoms with Gasteiger partial charge in [-0.2, -0.15) is 0 Å². The Morgan fingerprint density at radius 3 is 2.88 bits per heavy atom. The first kappa shape index (κ1) is 16.0. The van der Waals surface area contributed by atoms with Gasteiger partial charge in [-0.25, -0.2) is 0 Å². The van der Waals surface area contributed by atoms with E-state index >= 15 is 0 Å². The van der Waals surface area contributed by atoms with Crippen molar-refractivity contribution in [1.29, 1.82) is 0 Å². The van der Waals surface area contributed by atoms with E-state index in [2.05, 4.69) is 9.97 Å². The summed E-state index contributed by atoms with van der Waals surface area (Å²) in [5, 5.41) is 10.3. The lowest BCUT2D eigenvalue weighted by Gasteiger charge is -2.16. The van der Waals surface area contributed by atoms with E-state index in [0.717, 1.165) is 36.1 Å². The molecule has 0 radical (unpaired) electrons. The van der Waals surface area contributed by atoms with Crippen molar-refractivity contribution in [2.45, 2.75) is 31.8 Å². The second kappa shape index (κ2) is 6.44. The number of carbonyl (C=O) groups is 1. The molecule has 0 saturated carbocycles. The SMILES string of the molecule is O=C(c1cc2c([nH]c1=O)CCC2)N1C[C@@H](Cc2ccncc2)[C@@H](O)C1. The summed E-state index contributed by atoms with van der Waals surface area (Å²) < 4.78 is 0. The van der Waals surface area contributed by atoms with E-state index in [0.29, 0.717) is 13.0 Å². The molecule has 6 nitrogen and oxygen atoms in total. The van der Waals surface area contributed by atoms with Gasteiger partial charge in [0.05, 0.1) is 6.10 Å². The van der Waals surface area contributed by atoms with E-state index in [9.17, 15) is 14.7 Å². The molecule has 1 fully saturated rings. The summed E-state index contributed by atoms with van der Waals surface area (Å²) in [7, 11) is 0. The highest BCUT2D eigenvalue weighted by Gasteiger charge is 2.35. The minimum atomic E-state index is -0.578. The number of nitrogens with zero attached hydrogens (tertiary/aromatic N) is 2. The molecule has 1 saturated heterocycles. The number of rotatable bonds is 3. The zero-order valence-electron chi connectivity index (χ0n) is 13.9. The number of aromatic nitrogens is 2. The van der Waals surface area contributed by atoms with Crippen LogP contribution in [0.1, 0.15) is 33.6 Å². The Morgan fingerprint density at radius 2 is 2.08 bits per heavy atom. The van der Waals surface area contributed by atoms with E-state index in [-0.39, 0.29) is 29.5 Å². The maximum atomic E-state index is 12.8. The first-order valence-corrected chi connectivity index (χ1v) is 8.73. The maximum absolute atomic E-state index is 12.8. The van der Waals surface area contributed by atoms with Crippen LogP contribution in [-0.2, 0) is 19.3 Å². The third kappa shape index (κ3) is 3.09. The summed E-state index contributed by atoms with van der Waals surface area (Å²) >= 11 is 0. The Balaban J connectivity index is 1.51. The van der Waals surface area contributed by atoms with Crippen LogP contribution in [0.25, 0.3) is 0 Å². The Labute approximate surface area is 145 Å². The summed E-state index contributed by atoms with van der Waals surface area (Å²) in [5.41, 5.74) is 2.98. The van der Waals surface area contributed by atoms with Crippen molar-refractivity contribution in [3.05, 3.63) is 63.3 Å². The molecule has 25 heavy (non-hydrogen) atoms. The molecule has 130 valence electrons. The highest BCUT2D eigenvalue weighted by molar-refractivity contribution is 5.94. The van der Waals surface area contributed by atoms with Crippen LogP contribution < -0.4 is 5.56 Å². The molecule has 0 bridgehead atoms. The summed E-state index contributed by atoms with van der Waals surface area (Å²) in [5.74, 6) is -0.313. The van der Waals surface area contributed by atoms with Gasteiger partial charge in [0.15, 0.2) is 0 Å². The molecule has 1 aliphatic carbocycles. The zero-order valence-corrected chi connectivity index (χ0v) is 13.9. The molecule has 6 heteroatoms. The van der Waals surface area contributed by atoms with Gasteiger partial charge >= 0.3 is 0 Å². The molecule has 2 aromatic rings. The van der Waals surface area contributed by atoms with E-state index in [1.165, 1.54) is 0 Å². The third-order valence-corrected chi connectivity index (χ3v) is 5.26. The van der Waals surface area contributed by atoms with Gasteiger partial charge in [-0.3, -0.25) is 14.6 Å². The van der Waals surface area contributed by atoms with Crippen LogP contribution in [0.15, 0.2) is 35.4 Å². The van der Waals surface area contributed by atoms with Gasteiger partial charge in [0.25, 0.3) is 11.5 Å². The van der Waals surface area contributed by atoms with Gasteiger partial charge in [-0.05, 0) is 55.0 Å². The quantitative estimate of drug-likeness (QED) is 0.871. The van der Waals surface area contributed by atoms with Crippen molar-refractivity contribution < 1.29 is 9.90 Å². The number of aryl methyl sites for hydroxylation is 2. The van der Waals surface area contributed by atoms with Gasteiger partial charge in [0.1, 0.15) is 5.56 Å². The van der Waals surface area contributed by atoms with Crippen molar-refractivity contribution in [3.8, 4) is 0 Å². The molecule has 0 aromatic carbocycles. The zero-order chi connectivity index (χ0) is 17.4. The summed E-state index contributed by atoms with van der Waals surface area (Å²) in [6, 6.07) is 5.58. The molecule has 0 spiro atoms. The fourth-order valence-corrected chi connectivity index (χ4v) is 3.88. The number of hydrogen-bond donors (Lipinski definition) is 2. The molecule has 2 aromatic heterocycles. The van der Waals surface area contributed by atoms with Crippen LogP contribution in [0.2, 0.25) is 0 Å². The van der Waals surface area contributed by atoms with Gasteiger partial charge < -0.3 is 15.0 Å². The average molecular weight is 339 g/mol. The number of nitrogens with one attached hydrogen (secondary N) is 1. The standard InChI is InChI=1S/C19H21N3O3/c23-17-11-22(10-14(17)8-12-4-6-20-7-5-12)19(25)15-9-13-2-1-3-16(13)21-18(15)24/h4-7,9,14,17,23H,1-3,8,10-11H2,(H,21,24)/t14-,17+/m1/s1. The van der Waals surface area contributed by atoms with Crippen LogP contribution in [0.5, 0.6) is 0 Å². The van der Waals surface area contributed by atoms with Crippen LogP contribution in [-0.4, -0.2) is 45.1 Å². The third-order valence-electron chi connectivity index (χ3n) is 5.26. The Bertz CT molecular complexity index is 847. The lowest BCUT2D eigenvalue weighted by Crippen LogP contribution is -2.34. The van der Waals surface area contributed by atoms with Crippen LogP contribution in [0.4, 0.5) is 0 Å². The van der Waals surface area contributed by atoms with Gasteiger partial charge in [0, 0.05) is 37.1 Å². The number of H-pyrrole nitrogens is 1. The number of amides is 1. The minimum Gasteiger partial charge on any atom is -0.391 e. The summed E-state index contributed by atoms with van der Waals surface area (Å²) in [6.07, 6.45) is 6.35. The van der Waals surface area contributed by atoms with Crippen molar-refractivity contribution in [2.75, 3.05) is 13.1 Å². The molecule has 2 N–H and O–H groups in total. The molecule has 2 aliphatic rings. The average Bonchev–Trinajstić information content (AvgIpc) is 3.21. The van der Waals surface area contributed by atoms with Crippen molar-refractivity contribution in [1.82, 2.24) is 14.9 Å². The lowest BCUT2D eigenvalue weighted by atomic mass is 9.97. The topological polar surface area (TPSA) is 86.3 Å². The molecular formula is C19H21N3O3. The monoisotopic (exact) mass is 339 g/mol. The molecule has 4 rings (SSSR count). The van der Waals surface area contributed by atoms with E-state index < -0.39 is 6.10 Å². The predicted molar refractivity (Wildman–Crippen MR) is 92.4 cm³/mol. The second-order valence-corrected chi connectivity index (χ2v) is 6.97. The number of aliphatic hydroxyl groups excluding tert-OH is 1. The number of carbonyl (C=O) groups excluding carboxylic acids is 1. The number of aliphatic hydroxyl groups is 1. The number of fused-ring (bicyclic) bond motifs is 1. The highest BCUT2D eigenvalue weighted by Crippen LogP contribution is 2.24. The molecule has 1 amide bonds. The Kier molecular flexibility index (Phi) is 4.13. The minimum absolute atomic E-state index is 0.0279. The van der Waals surface area contributed by atoms with E-state index in [4.69, 9.17) is 0 Å². The molecule has 3 heterocycles. The predicted octanol–water partition coefficient (Wildman–Crippen LogP) is 0.934. The van der Waals surface area contributed by atoms with Gasteiger partial charge in [-0.1, -0.05) is 0 Å². The summed E-state index contributed by atoms with van der Waals surface area (Å²) in [4.78, 5) is 33.5. The molecule has 1 aliphatic heterocycles. The van der Waals surface area contributed by atoms with Crippen molar-refractivity contribution >= 4 is 5.91 Å². The number of pyridine rings is 2. The molecule has 2 atom stereocenters. The first-order valence-electron chi connectivity index (χ1n) is 8.73. The molecular weight excluding hydrogens is 318 g/mol. The number of hydrogen-bond acceptors (Lipinski definition) is 4. The Morgan fingerprint density at radius 1 is 1.28 bits per heavy atom. The van der Waals surface area contributed by atoms with E-state index in [1.807, 2.05) is 12.1 Å². The Hall–Kier alpha value is -2.47. The highest BCUT2D eigenvalue weighted by atomic mass is 16.3. The second-order valence-electron chi connectivity index (χ2n) is 6.97. The first-order chi connectivity index (χ1) is 12.1. The normalized spacial score (nSPS) is 22.2. The number of β-amino-alcohol motifs (C(OH)–C–C–N with tert-alkyl or cyclic N) is 1. The number of likely N-dealkylation sites (tertiary alicyclic amines) is 1. The smallest absolute Gasteiger partial charge is 0.261 e. The van der Waals surface area contributed by atoms with Crippen LogP contribution >= 0.6 is 0 Å². The van der Waals surface area contributed by atoms with Crippen LogP contribution in [0, 0.1) is 5.92 Å². The maximum Gasteiger partial charge on any atom is 0.261 e.